The van der Waals surface area contributed by atoms with Crippen molar-refractivity contribution in [3.63, 3.8) is 0 Å². The number of benzene rings is 1. The van der Waals surface area contributed by atoms with Gasteiger partial charge in [-0.15, -0.1) is 21.5 Å². The van der Waals surface area contributed by atoms with E-state index in [1.54, 1.807) is 17.2 Å². The molecule has 0 unspecified atom stereocenters. The molecule has 6 rings (SSSR count). The van der Waals surface area contributed by atoms with E-state index >= 15 is 0 Å². The minimum absolute atomic E-state index is 0.0527. The molecule has 0 saturated carbocycles. The predicted molar refractivity (Wildman–Crippen MR) is 180 cm³/mol. The maximum Gasteiger partial charge on any atom is 0.291 e. The highest BCUT2D eigenvalue weighted by atomic mass is 32.1. The van der Waals surface area contributed by atoms with Crippen molar-refractivity contribution in [2.45, 2.75) is 77.9 Å². The SMILES string of the molecule is Cc1oc2nc1C(=O)N[C@@H](C(C)C)c1nc(cs1)C(=O)NCCN(C(=O)c1nnc3n1CCCC3)CCCC(=O)N[C@H]2Cc1ccccc1. The second-order valence-electron chi connectivity index (χ2n) is 12.7. The molecule has 0 aliphatic carbocycles. The number of carbonyl (C=O) groups is 4. The van der Waals surface area contributed by atoms with Gasteiger partial charge in [-0.05, 0) is 37.7 Å². The number of carbonyl (C=O) groups excluding carboxylic acids is 4. The molecule has 258 valence electrons. The first kappa shape index (κ1) is 34.0. The quantitative estimate of drug-likeness (QED) is 0.290. The maximum absolute atomic E-state index is 13.8. The first-order valence-corrected chi connectivity index (χ1v) is 17.6. The van der Waals surface area contributed by atoms with Crippen LogP contribution in [0.5, 0.6) is 0 Å². The molecule has 3 aromatic heterocycles. The zero-order valence-electron chi connectivity index (χ0n) is 27.9. The lowest BCUT2D eigenvalue weighted by molar-refractivity contribution is -0.122. The van der Waals surface area contributed by atoms with Gasteiger partial charge in [0.1, 0.15) is 28.3 Å². The van der Waals surface area contributed by atoms with Crippen molar-refractivity contribution < 1.29 is 23.6 Å². The lowest BCUT2D eigenvalue weighted by Crippen LogP contribution is -2.41. The lowest BCUT2D eigenvalue weighted by Gasteiger charge is -2.24. The molecule has 0 fully saturated rings. The van der Waals surface area contributed by atoms with Crippen LogP contribution in [0.25, 0.3) is 0 Å². The Balaban J connectivity index is 1.29. The highest BCUT2D eigenvalue weighted by molar-refractivity contribution is 7.09. The molecule has 4 bridgehead atoms. The van der Waals surface area contributed by atoms with Crippen molar-refractivity contribution >= 4 is 35.0 Å². The first-order chi connectivity index (χ1) is 23.7. The standard InChI is InChI=1S/C34H41N9O5S/c1-20(2)27-33-37-24(19-49-33)30(45)35-14-17-42(34(47)29-41-40-25-12-7-8-16-43(25)29)15-9-13-26(44)36-23(18-22-10-5-4-6-11-22)32-39-28(21(3)48-32)31(46)38-27/h4-6,10-11,19-20,23,27H,7-9,12-18H2,1-3H3,(H,35,45)(H,36,44)(H,38,46)/t23-,27-/m0/s1. The molecule has 2 atom stereocenters. The zero-order chi connectivity index (χ0) is 34.5. The third-order valence-corrected chi connectivity index (χ3v) is 9.68. The van der Waals surface area contributed by atoms with E-state index in [1.165, 1.54) is 11.3 Å². The van der Waals surface area contributed by atoms with Gasteiger partial charge in [-0.1, -0.05) is 44.2 Å². The molecule has 2 aliphatic rings. The average molecular weight is 688 g/mol. The van der Waals surface area contributed by atoms with Crippen LogP contribution in [0.15, 0.2) is 40.1 Å². The summed E-state index contributed by atoms with van der Waals surface area (Å²) in [6.45, 7) is 6.86. The molecular weight excluding hydrogens is 646 g/mol. The Morgan fingerprint density at radius 2 is 1.80 bits per heavy atom. The topological polar surface area (TPSA) is 177 Å². The summed E-state index contributed by atoms with van der Waals surface area (Å²) in [6.07, 6.45) is 3.57. The number of fused-ring (bicyclic) bond motifs is 5. The molecule has 0 radical (unpaired) electrons. The maximum atomic E-state index is 13.8. The van der Waals surface area contributed by atoms with E-state index in [9.17, 15) is 19.2 Å². The fourth-order valence-corrected chi connectivity index (χ4v) is 7.12. The van der Waals surface area contributed by atoms with Gasteiger partial charge in [-0.3, -0.25) is 19.2 Å². The number of nitrogens with zero attached hydrogens (tertiary/aromatic N) is 6. The predicted octanol–water partition coefficient (Wildman–Crippen LogP) is 3.56. The highest BCUT2D eigenvalue weighted by Gasteiger charge is 2.30. The average Bonchev–Trinajstić information content (AvgIpc) is 3.84. The number of hydrogen-bond donors (Lipinski definition) is 3. The third kappa shape index (κ3) is 7.88. The van der Waals surface area contributed by atoms with Gasteiger partial charge in [-0.25, -0.2) is 9.97 Å². The molecular formula is C34H41N9O5S. The number of amides is 4. The van der Waals surface area contributed by atoms with E-state index in [0.29, 0.717) is 30.2 Å². The second kappa shape index (κ2) is 15.1. The smallest absolute Gasteiger partial charge is 0.291 e. The summed E-state index contributed by atoms with van der Waals surface area (Å²) in [7, 11) is 0. The summed E-state index contributed by atoms with van der Waals surface area (Å²) in [5, 5.41) is 19.6. The van der Waals surface area contributed by atoms with E-state index in [2.05, 4.69) is 36.1 Å². The molecule has 3 N–H and O–H groups in total. The van der Waals surface area contributed by atoms with Gasteiger partial charge in [-0.2, -0.15) is 0 Å². The minimum atomic E-state index is -0.640. The van der Waals surface area contributed by atoms with Crippen LogP contribution in [0.2, 0.25) is 0 Å². The van der Waals surface area contributed by atoms with Crippen LogP contribution in [0.4, 0.5) is 0 Å². The Hall–Kier alpha value is -4.92. The Morgan fingerprint density at radius 3 is 2.59 bits per heavy atom. The Labute approximate surface area is 288 Å². The van der Waals surface area contributed by atoms with Crippen LogP contribution in [-0.4, -0.2) is 72.9 Å². The van der Waals surface area contributed by atoms with Crippen LogP contribution in [0.3, 0.4) is 0 Å². The summed E-state index contributed by atoms with van der Waals surface area (Å²) in [5.74, 6) is 0.162. The van der Waals surface area contributed by atoms with Crippen molar-refractivity contribution in [3.8, 4) is 0 Å². The summed E-state index contributed by atoms with van der Waals surface area (Å²) in [5.41, 5.74) is 1.29. The number of aryl methyl sites for hydroxylation is 2. The lowest BCUT2D eigenvalue weighted by atomic mass is 10.0. The molecule has 4 amide bonds. The number of nitrogens with one attached hydrogen (secondary N) is 3. The fraction of sp³-hybridized carbons (Fsp3) is 0.471. The van der Waals surface area contributed by atoms with Gasteiger partial charge >= 0.3 is 0 Å². The van der Waals surface area contributed by atoms with Gasteiger partial charge in [0.2, 0.25) is 17.6 Å². The van der Waals surface area contributed by atoms with Gasteiger partial charge in [0, 0.05) is 50.8 Å². The molecule has 14 nitrogen and oxygen atoms in total. The van der Waals surface area contributed by atoms with Crippen molar-refractivity contribution in [2.75, 3.05) is 19.6 Å². The Kier molecular flexibility index (Phi) is 10.5. The number of oxazole rings is 1. The normalized spacial score (nSPS) is 19.5. The molecule has 49 heavy (non-hydrogen) atoms. The van der Waals surface area contributed by atoms with Crippen molar-refractivity contribution in [2.24, 2.45) is 5.92 Å². The number of aromatic nitrogens is 5. The van der Waals surface area contributed by atoms with Crippen molar-refractivity contribution in [3.05, 3.63) is 81.0 Å². The van der Waals surface area contributed by atoms with Crippen LogP contribution < -0.4 is 16.0 Å². The van der Waals surface area contributed by atoms with Gasteiger partial charge < -0.3 is 29.8 Å². The summed E-state index contributed by atoms with van der Waals surface area (Å²) in [4.78, 5) is 64.6. The molecule has 0 saturated heterocycles. The van der Waals surface area contributed by atoms with E-state index in [4.69, 9.17) is 4.42 Å². The van der Waals surface area contributed by atoms with Crippen LogP contribution in [0.1, 0.15) is 111 Å². The van der Waals surface area contributed by atoms with Gasteiger partial charge in [0.25, 0.3) is 17.7 Å². The van der Waals surface area contributed by atoms with E-state index in [0.717, 1.165) is 30.7 Å². The van der Waals surface area contributed by atoms with Crippen molar-refractivity contribution in [1.82, 2.24) is 45.6 Å². The number of rotatable bonds is 4. The number of thiazole rings is 1. The number of hydrogen-bond acceptors (Lipinski definition) is 10. The van der Waals surface area contributed by atoms with Gasteiger partial charge in [0.05, 0.1) is 6.04 Å². The summed E-state index contributed by atoms with van der Waals surface area (Å²) in [6, 6.07) is 8.52. The molecule has 1 aromatic carbocycles. The zero-order valence-corrected chi connectivity index (χ0v) is 28.7. The van der Waals surface area contributed by atoms with E-state index in [1.807, 2.05) is 48.7 Å². The molecule has 2 aliphatic heterocycles. The van der Waals surface area contributed by atoms with Crippen LogP contribution in [0, 0.1) is 12.8 Å². The third-order valence-electron chi connectivity index (χ3n) is 8.76. The summed E-state index contributed by atoms with van der Waals surface area (Å²) < 4.78 is 7.89. The Bertz CT molecular complexity index is 1810. The van der Waals surface area contributed by atoms with E-state index in [-0.39, 0.29) is 72.8 Å². The summed E-state index contributed by atoms with van der Waals surface area (Å²) >= 11 is 1.28. The molecule has 15 heteroatoms. The second-order valence-corrected chi connectivity index (χ2v) is 13.6. The van der Waals surface area contributed by atoms with Crippen LogP contribution in [-0.2, 0) is 24.2 Å². The minimum Gasteiger partial charge on any atom is -0.443 e. The molecule has 4 aromatic rings. The first-order valence-electron chi connectivity index (χ1n) is 16.7. The van der Waals surface area contributed by atoms with Crippen molar-refractivity contribution in [1.29, 1.82) is 0 Å². The van der Waals surface area contributed by atoms with Crippen LogP contribution >= 0.6 is 11.3 Å². The largest absolute Gasteiger partial charge is 0.443 e. The molecule has 5 heterocycles. The highest BCUT2D eigenvalue weighted by Crippen LogP contribution is 2.27. The Morgan fingerprint density at radius 1 is 0.980 bits per heavy atom. The molecule has 0 spiro atoms. The monoisotopic (exact) mass is 687 g/mol. The van der Waals surface area contributed by atoms with Gasteiger partial charge in [0.15, 0.2) is 5.69 Å². The fourth-order valence-electron chi connectivity index (χ4n) is 6.10. The van der Waals surface area contributed by atoms with E-state index < -0.39 is 18.0 Å².